The van der Waals surface area contributed by atoms with E-state index in [0.717, 1.165) is 11.5 Å². The highest BCUT2D eigenvalue weighted by molar-refractivity contribution is 9.10. The van der Waals surface area contributed by atoms with E-state index < -0.39 is 0 Å². The summed E-state index contributed by atoms with van der Waals surface area (Å²) in [4.78, 5) is 4.29. The smallest absolute Gasteiger partial charge is 0.169 e. The summed E-state index contributed by atoms with van der Waals surface area (Å²) in [5.41, 5.74) is 0.968. The first-order valence-electron chi connectivity index (χ1n) is 4.98. The lowest BCUT2D eigenvalue weighted by atomic mass is 10.0. The normalized spacial score (nSPS) is 14.7. The van der Waals surface area contributed by atoms with Gasteiger partial charge in [-0.05, 0) is 40.2 Å². The van der Waals surface area contributed by atoms with Crippen LogP contribution in [0, 0.1) is 0 Å². The predicted molar refractivity (Wildman–Crippen MR) is 67.7 cm³/mol. The molecule has 2 heterocycles. The summed E-state index contributed by atoms with van der Waals surface area (Å²) in [5, 5.41) is -0.207. The molecule has 0 N–H and O–H groups in total. The van der Waals surface area contributed by atoms with Crippen LogP contribution in [0.25, 0.3) is 0 Å². The number of halogens is 2. The molecular formula is C12H11BrClNO. The van der Waals surface area contributed by atoms with Crippen LogP contribution < -0.4 is 0 Å². The van der Waals surface area contributed by atoms with E-state index in [0.29, 0.717) is 4.67 Å². The fraction of sp³-hybridized carbons (Fsp3) is 0.250. The topological polar surface area (TPSA) is 26.0 Å². The molecule has 0 saturated carbocycles. The molecule has 16 heavy (non-hydrogen) atoms. The van der Waals surface area contributed by atoms with Gasteiger partial charge in [-0.25, -0.2) is 0 Å². The SMILES string of the molecule is CC(c1ccccn1)C(Cl)c1ccc(Br)o1. The second-order valence-corrected chi connectivity index (χ2v) is 4.84. The molecular weight excluding hydrogens is 289 g/mol. The van der Waals surface area contributed by atoms with Gasteiger partial charge in [-0.3, -0.25) is 4.98 Å². The number of rotatable bonds is 3. The van der Waals surface area contributed by atoms with Gasteiger partial charge in [0.1, 0.15) is 5.76 Å². The van der Waals surface area contributed by atoms with Gasteiger partial charge in [0.2, 0.25) is 0 Å². The monoisotopic (exact) mass is 299 g/mol. The lowest BCUT2D eigenvalue weighted by Gasteiger charge is -2.15. The van der Waals surface area contributed by atoms with Gasteiger partial charge in [0, 0.05) is 17.8 Å². The Morgan fingerprint density at radius 2 is 2.12 bits per heavy atom. The third-order valence-corrected chi connectivity index (χ3v) is 3.48. The maximum Gasteiger partial charge on any atom is 0.169 e. The van der Waals surface area contributed by atoms with Crippen molar-refractivity contribution < 1.29 is 4.42 Å². The van der Waals surface area contributed by atoms with E-state index in [9.17, 15) is 0 Å². The zero-order chi connectivity index (χ0) is 11.5. The highest BCUT2D eigenvalue weighted by Gasteiger charge is 2.22. The summed E-state index contributed by atoms with van der Waals surface area (Å²) in [6.07, 6.45) is 1.77. The Balaban J connectivity index is 2.19. The molecule has 2 nitrogen and oxygen atoms in total. The standard InChI is InChI=1S/C12H11BrClNO/c1-8(9-4-2-3-7-15-9)12(14)10-5-6-11(13)16-10/h2-8,12H,1H3. The van der Waals surface area contributed by atoms with Crippen molar-refractivity contribution in [3.8, 4) is 0 Å². The number of hydrogen-bond acceptors (Lipinski definition) is 2. The average Bonchev–Trinajstić information content (AvgIpc) is 2.75. The molecule has 2 aromatic rings. The Labute approximate surface area is 108 Å². The quantitative estimate of drug-likeness (QED) is 0.779. The largest absolute Gasteiger partial charge is 0.453 e. The second kappa shape index (κ2) is 5.02. The van der Waals surface area contributed by atoms with Crippen LogP contribution in [0.1, 0.15) is 29.7 Å². The van der Waals surface area contributed by atoms with Gasteiger partial charge in [-0.1, -0.05) is 13.0 Å². The Morgan fingerprint density at radius 3 is 2.69 bits per heavy atom. The molecule has 4 heteroatoms. The molecule has 0 amide bonds. The molecule has 2 atom stereocenters. The zero-order valence-corrected chi connectivity index (χ0v) is 11.1. The Kier molecular flexibility index (Phi) is 3.66. The molecule has 0 radical (unpaired) electrons. The molecule has 0 aromatic carbocycles. The van der Waals surface area contributed by atoms with Crippen molar-refractivity contribution in [2.45, 2.75) is 18.2 Å². The Morgan fingerprint density at radius 1 is 1.31 bits per heavy atom. The molecule has 0 spiro atoms. The van der Waals surface area contributed by atoms with Crippen LogP contribution in [0.2, 0.25) is 0 Å². The summed E-state index contributed by atoms with van der Waals surface area (Å²) in [6, 6.07) is 9.54. The first-order chi connectivity index (χ1) is 7.68. The maximum absolute atomic E-state index is 6.35. The van der Waals surface area contributed by atoms with Crippen LogP contribution in [0.4, 0.5) is 0 Å². The van der Waals surface area contributed by atoms with Crippen molar-refractivity contribution in [1.82, 2.24) is 4.98 Å². The van der Waals surface area contributed by atoms with Crippen molar-refractivity contribution in [3.05, 3.63) is 52.7 Å². The fourth-order valence-electron chi connectivity index (χ4n) is 1.52. The molecule has 0 bridgehead atoms. The van der Waals surface area contributed by atoms with E-state index in [1.165, 1.54) is 0 Å². The number of nitrogens with zero attached hydrogens (tertiary/aromatic N) is 1. The lowest BCUT2D eigenvalue weighted by molar-refractivity contribution is 0.464. The van der Waals surface area contributed by atoms with Crippen LogP contribution >= 0.6 is 27.5 Å². The van der Waals surface area contributed by atoms with Gasteiger partial charge in [-0.2, -0.15) is 0 Å². The molecule has 2 unspecified atom stereocenters. The number of hydrogen-bond donors (Lipinski definition) is 0. The summed E-state index contributed by atoms with van der Waals surface area (Å²) < 4.78 is 6.14. The van der Waals surface area contributed by atoms with Crippen molar-refractivity contribution in [2.75, 3.05) is 0 Å². The number of aromatic nitrogens is 1. The van der Waals surface area contributed by atoms with Crippen molar-refractivity contribution in [3.63, 3.8) is 0 Å². The second-order valence-electron chi connectivity index (χ2n) is 3.59. The minimum absolute atomic E-state index is 0.112. The molecule has 2 aromatic heterocycles. The van der Waals surface area contributed by atoms with Crippen molar-refractivity contribution in [1.29, 1.82) is 0 Å². The van der Waals surface area contributed by atoms with Crippen molar-refractivity contribution >= 4 is 27.5 Å². The predicted octanol–water partition coefficient (Wildman–Crippen LogP) is 4.52. The van der Waals surface area contributed by atoms with Crippen LogP contribution in [-0.2, 0) is 0 Å². The Hall–Kier alpha value is -0.800. The first-order valence-corrected chi connectivity index (χ1v) is 6.21. The minimum atomic E-state index is -0.207. The number of alkyl halides is 1. The summed E-state index contributed by atoms with van der Waals surface area (Å²) in [7, 11) is 0. The first kappa shape index (κ1) is 11.7. The average molecular weight is 301 g/mol. The molecule has 0 aliphatic carbocycles. The zero-order valence-electron chi connectivity index (χ0n) is 8.73. The highest BCUT2D eigenvalue weighted by Crippen LogP contribution is 2.36. The van der Waals surface area contributed by atoms with Crippen LogP contribution in [0.3, 0.4) is 0 Å². The lowest BCUT2D eigenvalue weighted by Crippen LogP contribution is -2.03. The third-order valence-electron chi connectivity index (χ3n) is 2.46. The molecule has 0 saturated heterocycles. The fourth-order valence-corrected chi connectivity index (χ4v) is 2.08. The van der Waals surface area contributed by atoms with E-state index >= 15 is 0 Å². The van der Waals surface area contributed by atoms with Gasteiger partial charge in [0.25, 0.3) is 0 Å². The van der Waals surface area contributed by atoms with E-state index in [2.05, 4.69) is 20.9 Å². The molecule has 0 aliphatic rings. The minimum Gasteiger partial charge on any atom is -0.453 e. The van der Waals surface area contributed by atoms with Crippen LogP contribution in [-0.4, -0.2) is 4.98 Å². The van der Waals surface area contributed by atoms with E-state index in [1.54, 1.807) is 6.20 Å². The summed E-state index contributed by atoms with van der Waals surface area (Å²) in [6.45, 7) is 2.04. The molecule has 0 fully saturated rings. The van der Waals surface area contributed by atoms with Crippen LogP contribution in [0.5, 0.6) is 0 Å². The summed E-state index contributed by atoms with van der Waals surface area (Å²) >= 11 is 9.61. The Bertz CT molecular complexity index is 457. The number of pyridine rings is 1. The van der Waals surface area contributed by atoms with Gasteiger partial charge in [0.15, 0.2) is 4.67 Å². The van der Waals surface area contributed by atoms with Crippen LogP contribution in [0.15, 0.2) is 45.6 Å². The van der Waals surface area contributed by atoms with Gasteiger partial charge in [0.05, 0.1) is 5.38 Å². The van der Waals surface area contributed by atoms with E-state index in [1.807, 2.05) is 37.3 Å². The van der Waals surface area contributed by atoms with E-state index in [-0.39, 0.29) is 11.3 Å². The van der Waals surface area contributed by atoms with Gasteiger partial charge in [-0.15, -0.1) is 11.6 Å². The van der Waals surface area contributed by atoms with E-state index in [4.69, 9.17) is 16.0 Å². The third kappa shape index (κ3) is 2.47. The summed E-state index contributed by atoms with van der Waals surface area (Å²) in [5.74, 6) is 0.868. The highest BCUT2D eigenvalue weighted by atomic mass is 79.9. The van der Waals surface area contributed by atoms with Gasteiger partial charge < -0.3 is 4.42 Å². The number of furan rings is 1. The van der Waals surface area contributed by atoms with Gasteiger partial charge >= 0.3 is 0 Å². The maximum atomic E-state index is 6.35. The molecule has 0 aliphatic heterocycles. The molecule has 2 rings (SSSR count). The van der Waals surface area contributed by atoms with Crippen molar-refractivity contribution in [2.24, 2.45) is 0 Å². The molecule has 84 valence electrons.